The van der Waals surface area contributed by atoms with Crippen LogP contribution in [0.15, 0.2) is 11.6 Å². The van der Waals surface area contributed by atoms with Gasteiger partial charge in [-0.15, -0.1) is 0 Å². The molecular formula is C14H20N4S. The fraction of sp³-hybridized carbons (Fsp3) is 0.571. The van der Waals surface area contributed by atoms with Crippen LogP contribution < -0.4 is 0 Å². The van der Waals surface area contributed by atoms with Crippen LogP contribution in [0.4, 0.5) is 0 Å². The van der Waals surface area contributed by atoms with Gasteiger partial charge >= 0.3 is 0 Å². The Morgan fingerprint density at radius 3 is 3.00 bits per heavy atom. The largest absolute Gasteiger partial charge is 0.328 e. The number of fused-ring (bicyclic) bond motifs is 1. The van der Waals surface area contributed by atoms with Crippen LogP contribution in [0.25, 0.3) is 11.2 Å². The van der Waals surface area contributed by atoms with Gasteiger partial charge in [-0.3, -0.25) is 0 Å². The van der Waals surface area contributed by atoms with Crippen LogP contribution in [0.5, 0.6) is 0 Å². The molecule has 19 heavy (non-hydrogen) atoms. The van der Waals surface area contributed by atoms with Gasteiger partial charge in [0.25, 0.3) is 0 Å². The molecule has 0 bridgehead atoms. The maximum absolute atomic E-state index is 5.46. The Morgan fingerprint density at radius 2 is 2.32 bits per heavy atom. The number of aromatic amines is 1. The molecule has 0 atom stereocenters. The Kier molecular flexibility index (Phi) is 3.31. The molecule has 5 heteroatoms. The van der Waals surface area contributed by atoms with Gasteiger partial charge in [0.15, 0.2) is 10.4 Å². The van der Waals surface area contributed by atoms with Gasteiger partial charge in [0, 0.05) is 13.1 Å². The molecule has 0 aromatic carbocycles. The van der Waals surface area contributed by atoms with E-state index in [0.29, 0.717) is 0 Å². The summed E-state index contributed by atoms with van der Waals surface area (Å²) in [4.78, 5) is 3.30. The molecule has 2 aromatic heterocycles. The Hall–Kier alpha value is -1.36. The summed E-state index contributed by atoms with van der Waals surface area (Å²) in [7, 11) is 0. The summed E-state index contributed by atoms with van der Waals surface area (Å²) in [5, 5.41) is 4.55. The minimum atomic E-state index is 0.816. The van der Waals surface area contributed by atoms with Crippen molar-refractivity contribution < 1.29 is 0 Å². The van der Waals surface area contributed by atoms with Crippen LogP contribution >= 0.6 is 12.2 Å². The van der Waals surface area contributed by atoms with E-state index < -0.39 is 0 Å². The number of nitrogens with one attached hydrogen (secondary N) is 1. The van der Waals surface area contributed by atoms with E-state index >= 15 is 0 Å². The molecule has 0 saturated carbocycles. The number of aromatic nitrogens is 4. The smallest absolute Gasteiger partial charge is 0.179 e. The number of allylic oxidation sites excluding steroid dienone is 2. The van der Waals surface area contributed by atoms with Crippen molar-refractivity contribution in [1.82, 2.24) is 19.3 Å². The van der Waals surface area contributed by atoms with E-state index in [1.165, 1.54) is 19.3 Å². The zero-order valence-corrected chi connectivity index (χ0v) is 12.4. The first-order chi connectivity index (χ1) is 9.20. The van der Waals surface area contributed by atoms with Crippen molar-refractivity contribution in [1.29, 1.82) is 0 Å². The standard InChI is InChI=1S/C14H20N4S/c1-3-18-13-12(10(2)16-18)15-14(19)17(13)9-8-11-6-4-5-7-11/h6H,3-5,7-9H2,1-2H3,(H,15,19). The van der Waals surface area contributed by atoms with Gasteiger partial charge in [-0.2, -0.15) is 5.10 Å². The van der Waals surface area contributed by atoms with Crippen molar-refractivity contribution in [2.24, 2.45) is 0 Å². The number of rotatable bonds is 4. The zero-order chi connectivity index (χ0) is 13.4. The normalized spacial score (nSPS) is 15.4. The summed E-state index contributed by atoms with van der Waals surface area (Å²) in [5.41, 5.74) is 4.84. The van der Waals surface area contributed by atoms with Crippen molar-refractivity contribution in [3.8, 4) is 0 Å². The van der Waals surface area contributed by atoms with E-state index in [1.54, 1.807) is 5.57 Å². The first kappa shape index (κ1) is 12.7. The summed E-state index contributed by atoms with van der Waals surface area (Å²) in [6.45, 7) is 5.98. The molecule has 0 unspecified atom stereocenters. The van der Waals surface area contributed by atoms with Crippen molar-refractivity contribution >= 4 is 23.4 Å². The zero-order valence-electron chi connectivity index (χ0n) is 11.6. The number of hydrogen-bond acceptors (Lipinski definition) is 2. The molecule has 0 saturated heterocycles. The van der Waals surface area contributed by atoms with Crippen LogP contribution in [0.1, 0.15) is 38.3 Å². The van der Waals surface area contributed by atoms with Gasteiger partial charge in [0.05, 0.1) is 5.69 Å². The third-order valence-electron chi connectivity index (χ3n) is 3.92. The fourth-order valence-electron chi connectivity index (χ4n) is 2.91. The molecule has 3 rings (SSSR count). The minimum absolute atomic E-state index is 0.816. The van der Waals surface area contributed by atoms with Crippen LogP contribution in [0.2, 0.25) is 0 Å². The van der Waals surface area contributed by atoms with Crippen molar-refractivity contribution in [2.75, 3.05) is 0 Å². The van der Waals surface area contributed by atoms with Gasteiger partial charge < -0.3 is 9.55 Å². The molecule has 0 radical (unpaired) electrons. The fourth-order valence-corrected chi connectivity index (χ4v) is 3.19. The average Bonchev–Trinajstić information content (AvgIpc) is 3.06. The summed E-state index contributed by atoms with van der Waals surface area (Å²) in [6.07, 6.45) is 7.31. The van der Waals surface area contributed by atoms with E-state index in [4.69, 9.17) is 12.2 Å². The molecule has 102 valence electrons. The highest BCUT2D eigenvalue weighted by Gasteiger charge is 2.14. The highest BCUT2D eigenvalue weighted by atomic mass is 32.1. The average molecular weight is 276 g/mol. The third-order valence-corrected chi connectivity index (χ3v) is 4.25. The molecule has 2 heterocycles. The lowest BCUT2D eigenvalue weighted by Gasteiger charge is -2.06. The predicted octanol–water partition coefficient (Wildman–Crippen LogP) is 3.72. The van der Waals surface area contributed by atoms with Crippen LogP contribution in [-0.4, -0.2) is 19.3 Å². The maximum atomic E-state index is 5.46. The molecule has 0 spiro atoms. The summed E-state index contributed by atoms with van der Waals surface area (Å²) in [5.74, 6) is 0. The molecule has 4 nitrogen and oxygen atoms in total. The topological polar surface area (TPSA) is 38.5 Å². The van der Waals surface area contributed by atoms with E-state index in [9.17, 15) is 0 Å². The number of imidazole rings is 1. The lowest BCUT2D eigenvalue weighted by molar-refractivity contribution is 0.619. The highest BCUT2D eigenvalue weighted by Crippen LogP contribution is 2.23. The summed E-state index contributed by atoms with van der Waals surface area (Å²) >= 11 is 5.46. The maximum Gasteiger partial charge on any atom is 0.179 e. The summed E-state index contributed by atoms with van der Waals surface area (Å²) in [6, 6.07) is 0. The number of aryl methyl sites for hydroxylation is 3. The van der Waals surface area contributed by atoms with Crippen LogP contribution in [0, 0.1) is 11.7 Å². The lowest BCUT2D eigenvalue weighted by atomic mass is 10.2. The predicted molar refractivity (Wildman–Crippen MR) is 79.9 cm³/mol. The van der Waals surface area contributed by atoms with Gasteiger partial charge in [0.2, 0.25) is 0 Å². The van der Waals surface area contributed by atoms with E-state index in [2.05, 4.69) is 27.6 Å². The highest BCUT2D eigenvalue weighted by molar-refractivity contribution is 7.71. The van der Waals surface area contributed by atoms with E-state index in [0.717, 1.165) is 41.1 Å². The van der Waals surface area contributed by atoms with Crippen LogP contribution in [0.3, 0.4) is 0 Å². The Morgan fingerprint density at radius 1 is 1.47 bits per heavy atom. The third kappa shape index (κ3) is 2.16. The van der Waals surface area contributed by atoms with Gasteiger partial charge in [-0.1, -0.05) is 11.6 Å². The monoisotopic (exact) mass is 276 g/mol. The molecular weight excluding hydrogens is 256 g/mol. The molecule has 1 aliphatic rings. The van der Waals surface area contributed by atoms with Crippen LogP contribution in [-0.2, 0) is 13.1 Å². The Balaban J connectivity index is 1.97. The van der Waals surface area contributed by atoms with Crippen molar-refractivity contribution in [3.05, 3.63) is 22.1 Å². The quantitative estimate of drug-likeness (QED) is 0.682. The van der Waals surface area contributed by atoms with E-state index in [-0.39, 0.29) is 0 Å². The molecule has 1 N–H and O–H groups in total. The first-order valence-electron chi connectivity index (χ1n) is 7.04. The Bertz CT molecular complexity index is 686. The minimum Gasteiger partial charge on any atom is -0.328 e. The number of H-pyrrole nitrogens is 1. The van der Waals surface area contributed by atoms with E-state index in [1.807, 2.05) is 11.6 Å². The second-order valence-corrected chi connectivity index (χ2v) is 5.57. The SMILES string of the molecule is CCn1nc(C)c2[nH]c(=S)n(CCC3=CCCC3)c21. The number of nitrogens with zero attached hydrogens (tertiary/aromatic N) is 3. The van der Waals surface area contributed by atoms with Gasteiger partial charge in [-0.25, -0.2) is 4.68 Å². The van der Waals surface area contributed by atoms with Gasteiger partial charge in [-0.05, 0) is 51.7 Å². The summed E-state index contributed by atoms with van der Waals surface area (Å²) < 4.78 is 5.06. The van der Waals surface area contributed by atoms with Crippen molar-refractivity contribution in [3.63, 3.8) is 0 Å². The van der Waals surface area contributed by atoms with Crippen molar-refractivity contribution in [2.45, 2.75) is 52.6 Å². The second-order valence-electron chi connectivity index (χ2n) is 5.19. The molecule has 2 aromatic rings. The molecule has 0 fully saturated rings. The lowest BCUT2D eigenvalue weighted by Crippen LogP contribution is -2.06. The molecule has 0 aliphatic heterocycles. The number of hydrogen-bond donors (Lipinski definition) is 1. The second kappa shape index (κ2) is 4.96. The molecule has 1 aliphatic carbocycles. The Labute approximate surface area is 118 Å². The molecule has 0 amide bonds. The van der Waals surface area contributed by atoms with Gasteiger partial charge in [0.1, 0.15) is 5.52 Å². The first-order valence-corrected chi connectivity index (χ1v) is 7.45.